The van der Waals surface area contributed by atoms with E-state index in [0.29, 0.717) is 49.7 Å². The molecule has 2 amide bonds. The maximum absolute atomic E-state index is 14.1. The van der Waals surface area contributed by atoms with Gasteiger partial charge < -0.3 is 40.5 Å². The van der Waals surface area contributed by atoms with Crippen LogP contribution in [0.3, 0.4) is 0 Å². The largest absolute Gasteiger partial charge is 0.469 e. The van der Waals surface area contributed by atoms with Gasteiger partial charge in [0.1, 0.15) is 18.2 Å². The van der Waals surface area contributed by atoms with Crippen molar-refractivity contribution in [2.75, 3.05) is 14.2 Å². The minimum atomic E-state index is -0.481. The molecule has 13 heteroatoms. The second-order valence-electron chi connectivity index (χ2n) is 26.2. The van der Waals surface area contributed by atoms with E-state index in [4.69, 9.17) is 9.47 Å². The number of nitrogens with one attached hydrogen (secondary N) is 2. The number of methoxy groups -OCH3 is 2. The lowest BCUT2D eigenvalue weighted by molar-refractivity contribution is -0.671. The van der Waals surface area contributed by atoms with E-state index in [0.717, 1.165) is 77.0 Å². The first kappa shape index (κ1) is 52.7. The monoisotopic (exact) mass is 989 g/mol. The summed E-state index contributed by atoms with van der Waals surface area (Å²) in [4.78, 5) is 52.2. The first-order valence-electron chi connectivity index (χ1n) is 28.1. The molecule has 8 aliphatic rings. The van der Waals surface area contributed by atoms with Crippen LogP contribution >= 0.6 is 0 Å². The number of aliphatic hydroxyl groups is 4. The van der Waals surface area contributed by atoms with Crippen molar-refractivity contribution in [2.45, 2.75) is 194 Å². The zero-order chi connectivity index (χ0) is 51.1. The van der Waals surface area contributed by atoms with E-state index in [1.807, 2.05) is 7.05 Å². The maximum atomic E-state index is 14.1. The fraction of sp³-hybridized carbons (Fsp3) is 0.845. The molecule has 0 bridgehead atoms. The van der Waals surface area contributed by atoms with Crippen molar-refractivity contribution in [1.82, 2.24) is 10.6 Å². The molecule has 1 aromatic rings. The van der Waals surface area contributed by atoms with E-state index in [9.17, 15) is 39.6 Å². The molecule has 1 heterocycles. The number of pyridine rings is 1. The van der Waals surface area contributed by atoms with Gasteiger partial charge in [0.15, 0.2) is 12.4 Å². The third kappa shape index (κ3) is 9.00. The highest BCUT2D eigenvalue weighted by atomic mass is 16.5. The molecule has 8 fully saturated rings. The third-order valence-corrected chi connectivity index (χ3v) is 23.4. The Balaban J connectivity index is 0.806. The second-order valence-corrected chi connectivity index (χ2v) is 26.2. The van der Waals surface area contributed by atoms with Crippen LogP contribution in [0.15, 0.2) is 18.5 Å². The number of amides is 2. The van der Waals surface area contributed by atoms with Crippen molar-refractivity contribution < 1.29 is 53.6 Å². The van der Waals surface area contributed by atoms with Gasteiger partial charge in [-0.05, 0) is 201 Å². The first-order chi connectivity index (χ1) is 33.6. The van der Waals surface area contributed by atoms with Gasteiger partial charge >= 0.3 is 11.9 Å². The average molecular weight is 989 g/mol. The van der Waals surface area contributed by atoms with Crippen LogP contribution in [0.4, 0.5) is 0 Å². The van der Waals surface area contributed by atoms with Crippen LogP contribution in [0.5, 0.6) is 0 Å². The molecule has 22 atom stereocenters. The Morgan fingerprint density at radius 1 is 0.606 bits per heavy atom. The van der Waals surface area contributed by atoms with Crippen molar-refractivity contribution in [3.05, 3.63) is 29.6 Å². The molecule has 0 aliphatic heterocycles. The van der Waals surface area contributed by atoms with E-state index in [1.165, 1.54) is 14.2 Å². The molecule has 8 saturated carbocycles. The second kappa shape index (κ2) is 19.9. The summed E-state index contributed by atoms with van der Waals surface area (Å²) in [6, 6.07) is 1.55. The number of fused-ring (bicyclic) bond motifs is 10. The molecule has 71 heavy (non-hydrogen) atoms. The standard InChI is InChI=1S/C58H89N3O10/c1-31(10-16-49(66)70-8)39-12-14-41-51-43(27-47(64)57(39,41)5)55(3)20-18-37(23-35(55)25-45(51)62)59-53(68)33-22-34(30-61(7)29-33)54(69)60-38-19-21-56(4)36(24-38)26-46(63)52-42-15-13-40(32(2)11-17-50(67)71-9)58(42,6)48(65)28-44(52)56/h22,29-32,35-48,51-52,62-65H,10-21,23-28H2,1-9H3,(H-,59,60,68,69)/p+1/t31-,32-,35+,36+,37+,38+,39-,40-,41+,42+,43+,44+,45-,46-,47+,48+,51+,52+,55+,56+,57-,58-/m1/s1. The Morgan fingerprint density at radius 2 is 1.00 bits per heavy atom. The van der Waals surface area contributed by atoms with Crippen molar-refractivity contribution in [1.29, 1.82) is 0 Å². The van der Waals surface area contributed by atoms with Gasteiger partial charge in [-0.3, -0.25) is 19.2 Å². The highest BCUT2D eigenvalue weighted by Crippen LogP contribution is 2.70. The summed E-state index contributed by atoms with van der Waals surface area (Å²) in [5.74, 6) is 1.72. The van der Waals surface area contributed by atoms with Gasteiger partial charge in [-0.1, -0.05) is 41.5 Å². The zero-order valence-corrected chi connectivity index (χ0v) is 44.5. The van der Waals surface area contributed by atoms with Crippen LogP contribution in [0.1, 0.15) is 178 Å². The lowest BCUT2D eigenvalue weighted by Gasteiger charge is -2.63. The lowest BCUT2D eigenvalue weighted by atomic mass is 9.43. The van der Waals surface area contributed by atoms with Gasteiger partial charge in [0.2, 0.25) is 0 Å². The minimum Gasteiger partial charge on any atom is -0.469 e. The SMILES string of the molecule is COC(=O)CC[C@@H](C)[C@H]1CC[C@H]2[C@@H]3[C@H](O)C[C@@H]4C[C@@H](NC(=O)c5cc(C(=O)N[C@H]6CC[C@@]7(C)[C@@H](C6)C[C@@H](O)[C@@H]6[C@@H]7C[C@H](O)[C@]7(C)[C@@H]([C@H](C)CCC(=O)OC)CC[C@@H]67)c[n+](C)c5)CC[C@]4(C)[C@H]3C[C@H](O)[C@]12C. The summed E-state index contributed by atoms with van der Waals surface area (Å²) in [6.07, 6.45) is 15.5. The molecule has 396 valence electrons. The fourth-order valence-corrected chi connectivity index (χ4v) is 19.4. The van der Waals surface area contributed by atoms with Gasteiger partial charge in [0.25, 0.3) is 11.8 Å². The number of hydrogen-bond donors (Lipinski definition) is 6. The van der Waals surface area contributed by atoms with Crippen molar-refractivity contribution in [3.8, 4) is 0 Å². The quantitative estimate of drug-likeness (QED) is 0.0930. The summed E-state index contributed by atoms with van der Waals surface area (Å²) >= 11 is 0. The summed E-state index contributed by atoms with van der Waals surface area (Å²) in [5, 5.41) is 54.9. The molecule has 13 nitrogen and oxygen atoms in total. The van der Waals surface area contributed by atoms with E-state index < -0.39 is 24.4 Å². The molecule has 0 radical (unpaired) electrons. The Kier molecular flexibility index (Phi) is 14.7. The highest BCUT2D eigenvalue weighted by Gasteiger charge is 2.67. The molecular formula is C58H90N3O10+. The average Bonchev–Trinajstić information content (AvgIpc) is 3.89. The van der Waals surface area contributed by atoms with Gasteiger partial charge in [0, 0.05) is 24.9 Å². The van der Waals surface area contributed by atoms with Gasteiger partial charge in [-0.25, -0.2) is 4.57 Å². The number of carbonyl (C=O) groups is 4. The van der Waals surface area contributed by atoms with Crippen molar-refractivity contribution in [2.24, 2.45) is 99.7 Å². The molecular weight excluding hydrogens is 899 g/mol. The van der Waals surface area contributed by atoms with Crippen LogP contribution in [0, 0.1) is 92.7 Å². The molecule has 0 spiro atoms. The van der Waals surface area contributed by atoms with E-state index in [-0.39, 0.29) is 129 Å². The normalized spacial score (nSPS) is 45.3. The van der Waals surface area contributed by atoms with Crippen LogP contribution in [-0.4, -0.2) is 94.9 Å². The predicted octanol–water partition coefficient (Wildman–Crippen LogP) is 7.09. The zero-order valence-electron chi connectivity index (χ0n) is 44.5. The van der Waals surface area contributed by atoms with E-state index in [1.54, 1.807) is 23.0 Å². The molecule has 1 aromatic heterocycles. The van der Waals surface area contributed by atoms with Gasteiger partial charge in [-0.2, -0.15) is 0 Å². The number of ether oxygens (including phenoxy) is 2. The number of carbonyl (C=O) groups excluding carboxylic acids is 4. The maximum Gasteiger partial charge on any atom is 0.305 e. The first-order valence-corrected chi connectivity index (χ1v) is 28.1. The molecule has 0 aromatic carbocycles. The Morgan fingerprint density at radius 3 is 1.38 bits per heavy atom. The topological polar surface area (TPSA) is 196 Å². The number of esters is 2. The van der Waals surface area contributed by atoms with E-state index in [2.05, 4.69) is 52.2 Å². The van der Waals surface area contributed by atoms with Crippen molar-refractivity contribution >= 4 is 23.8 Å². The molecule has 0 saturated heterocycles. The number of aliphatic hydroxyl groups excluding tert-OH is 4. The molecule has 0 unspecified atom stereocenters. The summed E-state index contributed by atoms with van der Waals surface area (Å²) in [7, 11) is 4.70. The molecule has 9 rings (SSSR count). The fourth-order valence-electron chi connectivity index (χ4n) is 19.4. The highest BCUT2D eigenvalue weighted by molar-refractivity contribution is 5.99. The number of rotatable bonds is 12. The van der Waals surface area contributed by atoms with Crippen LogP contribution in [0.2, 0.25) is 0 Å². The van der Waals surface area contributed by atoms with Crippen LogP contribution in [-0.2, 0) is 26.1 Å². The third-order valence-electron chi connectivity index (χ3n) is 23.4. The lowest BCUT2D eigenvalue weighted by Crippen LogP contribution is -2.63. The Bertz CT molecular complexity index is 2030. The smallest absolute Gasteiger partial charge is 0.305 e. The Hall–Kier alpha value is -3.13. The minimum absolute atomic E-state index is 0.0631. The Labute approximate surface area is 423 Å². The predicted molar refractivity (Wildman–Crippen MR) is 267 cm³/mol. The number of aryl methyl sites for hydroxylation is 1. The van der Waals surface area contributed by atoms with Gasteiger partial charge in [-0.15, -0.1) is 0 Å². The number of aromatic nitrogens is 1. The summed E-state index contributed by atoms with van der Waals surface area (Å²) in [6.45, 7) is 13.7. The molecule has 6 N–H and O–H groups in total. The molecule has 8 aliphatic carbocycles. The van der Waals surface area contributed by atoms with E-state index >= 15 is 0 Å². The van der Waals surface area contributed by atoms with Gasteiger partial charge in [0.05, 0.1) is 38.6 Å². The van der Waals surface area contributed by atoms with Crippen LogP contribution in [0.25, 0.3) is 0 Å². The number of nitrogens with zero attached hydrogens (tertiary/aromatic N) is 1. The number of hydrogen-bond acceptors (Lipinski definition) is 10. The van der Waals surface area contributed by atoms with Crippen LogP contribution < -0.4 is 15.2 Å². The summed E-state index contributed by atoms with van der Waals surface area (Å²) in [5.41, 5.74) is 0.104. The van der Waals surface area contributed by atoms with Crippen molar-refractivity contribution in [3.63, 3.8) is 0 Å². The summed E-state index contributed by atoms with van der Waals surface area (Å²) < 4.78 is 11.6.